The molecule has 2 aliphatic rings. The van der Waals surface area contributed by atoms with Crippen molar-refractivity contribution in [2.24, 2.45) is 5.41 Å². The van der Waals surface area contributed by atoms with Gasteiger partial charge in [0, 0.05) is 12.5 Å². The van der Waals surface area contributed by atoms with E-state index in [1.807, 2.05) is 0 Å². The van der Waals surface area contributed by atoms with E-state index >= 15 is 0 Å². The fraction of sp³-hybridized carbons (Fsp3) is 0.857. The second-order valence-electron chi connectivity index (χ2n) is 6.86. The van der Waals surface area contributed by atoms with Gasteiger partial charge in [0.05, 0.1) is 18.1 Å². The summed E-state index contributed by atoms with van der Waals surface area (Å²) < 4.78 is 28.0. The second-order valence-corrected chi connectivity index (χ2v) is 9.88. The van der Waals surface area contributed by atoms with Gasteiger partial charge >= 0.3 is 0 Å². The van der Waals surface area contributed by atoms with Crippen LogP contribution in [0.3, 0.4) is 0 Å². The van der Waals surface area contributed by atoms with E-state index in [0.29, 0.717) is 17.4 Å². The molecule has 3 rings (SSSR count). The zero-order valence-corrected chi connectivity index (χ0v) is 14.3. The maximum atomic E-state index is 11.8. The molecule has 2 fully saturated rings. The van der Waals surface area contributed by atoms with Gasteiger partial charge < -0.3 is 0 Å². The lowest BCUT2D eigenvalue weighted by Crippen LogP contribution is -2.43. The number of hydrogen-bond donors (Lipinski definition) is 0. The number of rotatable bonds is 3. The normalized spacial score (nSPS) is 29.5. The van der Waals surface area contributed by atoms with Gasteiger partial charge in [-0.05, 0) is 42.8 Å². The molecule has 21 heavy (non-hydrogen) atoms. The summed E-state index contributed by atoms with van der Waals surface area (Å²) >= 11 is 1.48. The molecule has 0 radical (unpaired) electrons. The Labute approximate surface area is 130 Å². The molecule has 1 unspecified atom stereocenters. The molecule has 1 atom stereocenters. The molecular formula is C14H23N3O2S2. The molecule has 0 amide bonds. The van der Waals surface area contributed by atoms with Gasteiger partial charge in [-0.15, -0.1) is 0 Å². The van der Waals surface area contributed by atoms with Crippen LogP contribution in [0.4, 0.5) is 0 Å². The largest absolute Gasteiger partial charge is 0.296 e. The average Bonchev–Trinajstić information content (AvgIpc) is 2.95. The van der Waals surface area contributed by atoms with E-state index < -0.39 is 9.84 Å². The van der Waals surface area contributed by atoms with Crippen LogP contribution in [0.25, 0.3) is 0 Å². The first-order valence-electron chi connectivity index (χ1n) is 7.63. The lowest BCUT2D eigenvalue weighted by Gasteiger charge is -2.39. The molecule has 0 aliphatic carbocycles. The molecule has 1 aromatic rings. The van der Waals surface area contributed by atoms with Gasteiger partial charge in [-0.3, -0.25) is 4.90 Å². The van der Waals surface area contributed by atoms with Crippen molar-refractivity contribution in [1.82, 2.24) is 14.3 Å². The number of aromatic nitrogens is 2. The zero-order chi connectivity index (χ0) is 15.1. The second kappa shape index (κ2) is 5.59. The Kier molecular flexibility index (Phi) is 4.09. The Balaban J connectivity index is 1.66. The van der Waals surface area contributed by atoms with Gasteiger partial charge in [0.25, 0.3) is 0 Å². The highest BCUT2D eigenvalue weighted by Gasteiger charge is 2.44. The standard InChI is InChI=1S/C14H23N3O2S2/c1-11(2)13-15-12(20-16-13)8-17-6-3-4-14(9-17)5-7-21(18,19)10-14/h11H,3-10H2,1-2H3. The fourth-order valence-electron chi connectivity index (χ4n) is 3.51. The summed E-state index contributed by atoms with van der Waals surface area (Å²) in [5, 5.41) is 1.05. The maximum Gasteiger partial charge on any atom is 0.150 e. The summed E-state index contributed by atoms with van der Waals surface area (Å²) in [5.41, 5.74) is 0.00263. The minimum atomic E-state index is -2.81. The lowest BCUT2D eigenvalue weighted by atomic mass is 9.79. The van der Waals surface area contributed by atoms with Gasteiger partial charge in [-0.25, -0.2) is 13.4 Å². The summed E-state index contributed by atoms with van der Waals surface area (Å²) in [7, 11) is -2.81. The molecule has 5 nitrogen and oxygen atoms in total. The van der Waals surface area contributed by atoms with E-state index in [1.165, 1.54) is 11.5 Å². The minimum Gasteiger partial charge on any atom is -0.296 e. The van der Waals surface area contributed by atoms with E-state index in [0.717, 1.165) is 49.7 Å². The summed E-state index contributed by atoms with van der Waals surface area (Å²) in [4.78, 5) is 6.96. The Hall–Kier alpha value is -0.530. The minimum absolute atomic E-state index is 0.00263. The van der Waals surface area contributed by atoms with Crippen molar-refractivity contribution in [3.63, 3.8) is 0 Å². The highest BCUT2D eigenvalue weighted by atomic mass is 32.2. The number of nitrogens with zero attached hydrogens (tertiary/aromatic N) is 3. The number of piperidine rings is 1. The van der Waals surface area contributed by atoms with Crippen LogP contribution in [0, 0.1) is 5.41 Å². The van der Waals surface area contributed by atoms with Crippen LogP contribution in [0.1, 0.15) is 49.9 Å². The maximum absolute atomic E-state index is 11.8. The third kappa shape index (κ3) is 3.46. The first-order chi connectivity index (χ1) is 9.88. The van der Waals surface area contributed by atoms with E-state index in [9.17, 15) is 8.42 Å². The van der Waals surface area contributed by atoms with Crippen LogP contribution in [0.2, 0.25) is 0 Å². The SMILES string of the molecule is CC(C)c1nsc(CN2CCCC3(CCS(=O)(=O)C3)C2)n1. The first-order valence-corrected chi connectivity index (χ1v) is 10.2. The Bertz CT molecular complexity index is 611. The number of hydrogen-bond acceptors (Lipinski definition) is 6. The molecule has 1 spiro atoms. The van der Waals surface area contributed by atoms with E-state index in [-0.39, 0.29) is 5.41 Å². The molecule has 3 heterocycles. The smallest absolute Gasteiger partial charge is 0.150 e. The molecule has 0 bridgehead atoms. The van der Waals surface area contributed by atoms with Crippen LogP contribution in [-0.2, 0) is 16.4 Å². The molecular weight excluding hydrogens is 306 g/mol. The summed E-state index contributed by atoms with van der Waals surface area (Å²) in [6, 6.07) is 0. The Morgan fingerprint density at radius 2 is 2.19 bits per heavy atom. The zero-order valence-electron chi connectivity index (χ0n) is 12.7. The van der Waals surface area contributed by atoms with Crippen LogP contribution >= 0.6 is 11.5 Å². The van der Waals surface area contributed by atoms with Gasteiger partial charge in [0.1, 0.15) is 10.8 Å². The van der Waals surface area contributed by atoms with Crippen molar-refractivity contribution >= 4 is 21.4 Å². The van der Waals surface area contributed by atoms with Crippen molar-refractivity contribution in [3.05, 3.63) is 10.8 Å². The molecule has 7 heteroatoms. The third-order valence-electron chi connectivity index (χ3n) is 4.57. The molecule has 0 aromatic carbocycles. The van der Waals surface area contributed by atoms with Crippen molar-refractivity contribution in [2.75, 3.05) is 24.6 Å². The number of likely N-dealkylation sites (tertiary alicyclic amines) is 1. The summed E-state index contributed by atoms with van der Waals surface area (Å²) in [5.74, 6) is 2.04. The van der Waals surface area contributed by atoms with E-state index in [1.54, 1.807) is 0 Å². The highest BCUT2D eigenvalue weighted by molar-refractivity contribution is 7.91. The van der Waals surface area contributed by atoms with E-state index in [2.05, 4.69) is 28.1 Å². The van der Waals surface area contributed by atoms with Gasteiger partial charge in [-0.1, -0.05) is 13.8 Å². The van der Waals surface area contributed by atoms with Gasteiger partial charge in [0.15, 0.2) is 9.84 Å². The predicted octanol–water partition coefficient (Wildman–Crippen LogP) is 2.06. The number of sulfone groups is 1. The monoisotopic (exact) mass is 329 g/mol. The van der Waals surface area contributed by atoms with Crippen LogP contribution in [-0.4, -0.2) is 47.3 Å². The fourth-order valence-corrected chi connectivity index (χ4v) is 6.53. The average molecular weight is 329 g/mol. The first kappa shape index (κ1) is 15.4. The Morgan fingerprint density at radius 3 is 2.81 bits per heavy atom. The third-order valence-corrected chi connectivity index (χ3v) is 7.16. The molecule has 2 aliphatic heterocycles. The lowest BCUT2D eigenvalue weighted by molar-refractivity contribution is 0.102. The van der Waals surface area contributed by atoms with Crippen molar-refractivity contribution in [2.45, 2.75) is 45.6 Å². The van der Waals surface area contributed by atoms with Crippen LogP contribution in [0.5, 0.6) is 0 Å². The van der Waals surface area contributed by atoms with Gasteiger partial charge in [0.2, 0.25) is 0 Å². The topological polar surface area (TPSA) is 63.2 Å². The van der Waals surface area contributed by atoms with Crippen LogP contribution in [0.15, 0.2) is 0 Å². The predicted molar refractivity (Wildman–Crippen MR) is 84.2 cm³/mol. The van der Waals surface area contributed by atoms with Crippen molar-refractivity contribution in [1.29, 1.82) is 0 Å². The molecule has 1 aromatic heterocycles. The van der Waals surface area contributed by atoms with Gasteiger partial charge in [-0.2, -0.15) is 4.37 Å². The van der Waals surface area contributed by atoms with E-state index in [4.69, 9.17) is 0 Å². The molecule has 2 saturated heterocycles. The quantitative estimate of drug-likeness (QED) is 0.849. The van der Waals surface area contributed by atoms with Crippen molar-refractivity contribution in [3.8, 4) is 0 Å². The molecule has 118 valence electrons. The molecule has 0 saturated carbocycles. The Morgan fingerprint density at radius 1 is 1.38 bits per heavy atom. The van der Waals surface area contributed by atoms with Crippen LogP contribution < -0.4 is 0 Å². The summed E-state index contributed by atoms with van der Waals surface area (Å²) in [6.07, 6.45) is 2.97. The highest BCUT2D eigenvalue weighted by Crippen LogP contribution is 2.40. The van der Waals surface area contributed by atoms with Crippen molar-refractivity contribution < 1.29 is 8.42 Å². The summed E-state index contributed by atoms with van der Waals surface area (Å²) in [6.45, 7) is 6.95. The molecule has 0 N–H and O–H groups in total.